The minimum Gasteiger partial charge on any atom is -0.496 e. The van der Waals surface area contributed by atoms with Crippen LogP contribution in [0, 0.1) is 13.8 Å². The minimum absolute atomic E-state index is 0.0739. The second kappa shape index (κ2) is 8.42. The fraction of sp³-hybridized carbons (Fsp3) is 0.429. The largest absolute Gasteiger partial charge is 0.496 e. The lowest BCUT2D eigenvalue weighted by atomic mass is 10.1. The maximum Gasteiger partial charge on any atom is 0.240 e. The Hall–Kier alpha value is -1.89. The lowest BCUT2D eigenvalue weighted by Gasteiger charge is -2.33. The first-order chi connectivity index (χ1) is 12.9. The van der Waals surface area contributed by atoms with Gasteiger partial charge >= 0.3 is 0 Å². The summed E-state index contributed by atoms with van der Waals surface area (Å²) in [6.07, 6.45) is 1.85. The molecule has 0 radical (unpaired) electrons. The van der Waals surface area contributed by atoms with E-state index in [1.165, 1.54) is 5.56 Å². The fourth-order valence-corrected chi connectivity index (χ4v) is 5.24. The number of likely N-dealkylation sites (tertiary alicyclic amines) is 1. The van der Waals surface area contributed by atoms with Crippen LogP contribution < -0.4 is 9.46 Å². The molecule has 1 aliphatic heterocycles. The molecule has 27 heavy (non-hydrogen) atoms. The normalized spacial score (nSPS) is 18.4. The van der Waals surface area contributed by atoms with Crippen LogP contribution in [0.25, 0.3) is 0 Å². The second-order valence-corrected chi connectivity index (χ2v) is 8.99. The van der Waals surface area contributed by atoms with Gasteiger partial charge in [-0.1, -0.05) is 30.3 Å². The average Bonchev–Trinajstić information content (AvgIpc) is 2.62. The Balaban J connectivity index is 1.70. The molecule has 2 aromatic carbocycles. The van der Waals surface area contributed by atoms with Gasteiger partial charge in [0.25, 0.3) is 0 Å². The molecule has 1 heterocycles. The molecule has 1 saturated heterocycles. The van der Waals surface area contributed by atoms with E-state index < -0.39 is 10.0 Å². The number of nitrogens with one attached hydrogen (secondary N) is 1. The van der Waals surface area contributed by atoms with Crippen molar-refractivity contribution in [2.24, 2.45) is 0 Å². The summed E-state index contributed by atoms with van der Waals surface area (Å²) < 4.78 is 34.0. The zero-order chi connectivity index (χ0) is 19.4. The van der Waals surface area contributed by atoms with Gasteiger partial charge in [0, 0.05) is 19.1 Å². The van der Waals surface area contributed by atoms with Crippen molar-refractivity contribution in [1.82, 2.24) is 9.62 Å². The van der Waals surface area contributed by atoms with Crippen molar-refractivity contribution in [3.63, 3.8) is 0 Å². The summed E-state index contributed by atoms with van der Waals surface area (Å²) >= 11 is 0. The van der Waals surface area contributed by atoms with Crippen LogP contribution in [0.2, 0.25) is 0 Å². The first-order valence-corrected chi connectivity index (χ1v) is 10.8. The smallest absolute Gasteiger partial charge is 0.240 e. The molecule has 0 aromatic heterocycles. The van der Waals surface area contributed by atoms with Crippen molar-refractivity contribution in [3.05, 3.63) is 59.2 Å². The summed E-state index contributed by atoms with van der Waals surface area (Å²) in [7, 11) is -1.96. The molecular weight excluding hydrogens is 360 g/mol. The fourth-order valence-electron chi connectivity index (χ4n) is 3.81. The average molecular weight is 389 g/mol. The third-order valence-corrected chi connectivity index (χ3v) is 6.52. The maximum atomic E-state index is 12.9. The molecule has 0 bridgehead atoms. The molecule has 1 N–H and O–H groups in total. The van der Waals surface area contributed by atoms with Gasteiger partial charge in [0.05, 0.1) is 12.0 Å². The number of aryl methyl sites for hydroxylation is 2. The van der Waals surface area contributed by atoms with Crippen LogP contribution in [0.3, 0.4) is 0 Å². The molecule has 0 saturated carbocycles. The predicted octanol–water partition coefficient (Wildman–Crippen LogP) is 3.25. The summed E-state index contributed by atoms with van der Waals surface area (Å²) in [6.45, 7) is 6.30. The van der Waals surface area contributed by atoms with Crippen molar-refractivity contribution >= 4 is 10.0 Å². The first-order valence-electron chi connectivity index (χ1n) is 9.33. The Morgan fingerprint density at radius 3 is 2.44 bits per heavy atom. The molecule has 0 amide bonds. The molecule has 3 rings (SSSR count). The van der Waals surface area contributed by atoms with E-state index >= 15 is 0 Å². The van der Waals surface area contributed by atoms with Crippen molar-refractivity contribution in [2.75, 3.05) is 20.2 Å². The van der Waals surface area contributed by atoms with Crippen molar-refractivity contribution in [3.8, 4) is 5.75 Å². The zero-order valence-electron chi connectivity index (χ0n) is 16.2. The lowest BCUT2D eigenvalue weighted by molar-refractivity contribution is 0.194. The Morgan fingerprint density at radius 1 is 1.15 bits per heavy atom. The van der Waals surface area contributed by atoms with Crippen molar-refractivity contribution in [2.45, 2.75) is 44.2 Å². The number of sulfonamides is 1. The zero-order valence-corrected chi connectivity index (χ0v) is 17.1. The van der Waals surface area contributed by atoms with Gasteiger partial charge in [-0.15, -0.1) is 0 Å². The summed E-state index contributed by atoms with van der Waals surface area (Å²) in [4.78, 5) is 2.62. The molecule has 1 fully saturated rings. The molecule has 1 unspecified atom stereocenters. The lowest BCUT2D eigenvalue weighted by Crippen LogP contribution is -2.47. The SMILES string of the molecule is COc1c(C)cc(S(=O)(=O)NC2CCCN(Cc3ccccc3)C2)cc1C. The highest BCUT2D eigenvalue weighted by molar-refractivity contribution is 7.89. The molecule has 6 heteroatoms. The summed E-state index contributed by atoms with van der Waals surface area (Å²) in [6, 6.07) is 13.6. The van der Waals surface area contributed by atoms with Gasteiger partial charge in [-0.05, 0) is 62.1 Å². The third-order valence-electron chi connectivity index (χ3n) is 5.02. The Kier molecular flexibility index (Phi) is 6.19. The third kappa shape index (κ3) is 4.89. The van der Waals surface area contributed by atoms with Crippen LogP contribution in [0.1, 0.15) is 29.5 Å². The van der Waals surface area contributed by atoms with Gasteiger partial charge in [-0.2, -0.15) is 0 Å². The van der Waals surface area contributed by atoms with E-state index in [9.17, 15) is 8.42 Å². The summed E-state index contributed by atoms with van der Waals surface area (Å²) in [5.41, 5.74) is 2.90. The van der Waals surface area contributed by atoms with E-state index in [1.54, 1.807) is 19.2 Å². The standard InChI is InChI=1S/C21H28N2O3S/c1-16-12-20(13-17(2)21(16)26-3)27(24,25)22-19-10-7-11-23(15-19)14-18-8-5-4-6-9-18/h4-6,8-9,12-13,19,22H,7,10-11,14-15H2,1-3H3. The number of ether oxygens (including phenoxy) is 1. The molecule has 1 aliphatic rings. The van der Waals surface area contributed by atoms with E-state index in [4.69, 9.17) is 4.74 Å². The van der Waals surface area contributed by atoms with E-state index in [0.717, 1.165) is 49.4 Å². The van der Waals surface area contributed by atoms with Crippen LogP contribution in [0.15, 0.2) is 47.4 Å². The van der Waals surface area contributed by atoms with Gasteiger partial charge in [0.15, 0.2) is 0 Å². The highest BCUT2D eigenvalue weighted by Crippen LogP contribution is 2.27. The summed E-state index contributed by atoms with van der Waals surface area (Å²) in [5, 5.41) is 0. The molecule has 0 spiro atoms. The van der Waals surface area contributed by atoms with Gasteiger partial charge in [-0.3, -0.25) is 4.90 Å². The van der Waals surface area contributed by atoms with Crippen LogP contribution in [-0.2, 0) is 16.6 Å². The molecule has 5 nitrogen and oxygen atoms in total. The molecule has 146 valence electrons. The number of nitrogens with zero attached hydrogens (tertiary/aromatic N) is 1. The van der Waals surface area contributed by atoms with E-state index in [0.29, 0.717) is 4.90 Å². The highest BCUT2D eigenvalue weighted by Gasteiger charge is 2.26. The van der Waals surface area contributed by atoms with Gasteiger partial charge in [0.1, 0.15) is 5.75 Å². The topological polar surface area (TPSA) is 58.6 Å². The number of hydrogen-bond donors (Lipinski definition) is 1. The molecule has 2 aromatic rings. The highest BCUT2D eigenvalue weighted by atomic mass is 32.2. The summed E-state index contributed by atoms with van der Waals surface area (Å²) in [5.74, 6) is 0.737. The van der Waals surface area contributed by atoms with Crippen LogP contribution >= 0.6 is 0 Å². The van der Waals surface area contributed by atoms with Crippen LogP contribution in [0.5, 0.6) is 5.75 Å². The van der Waals surface area contributed by atoms with Crippen molar-refractivity contribution in [1.29, 1.82) is 0 Å². The minimum atomic E-state index is -3.56. The number of hydrogen-bond acceptors (Lipinski definition) is 4. The molecule has 1 atom stereocenters. The number of benzene rings is 2. The first kappa shape index (κ1) is 19.9. The van der Waals surface area contributed by atoms with Crippen molar-refractivity contribution < 1.29 is 13.2 Å². The predicted molar refractivity (Wildman–Crippen MR) is 108 cm³/mol. The Morgan fingerprint density at radius 2 is 1.81 bits per heavy atom. The van der Waals surface area contributed by atoms with Gasteiger partial charge < -0.3 is 4.74 Å². The quantitative estimate of drug-likeness (QED) is 0.825. The Bertz CT molecular complexity index is 859. The Labute approximate surface area is 162 Å². The maximum absolute atomic E-state index is 12.9. The second-order valence-electron chi connectivity index (χ2n) is 7.27. The number of piperidine rings is 1. The number of rotatable bonds is 6. The molecular formula is C21H28N2O3S. The van der Waals surface area contributed by atoms with Gasteiger partial charge in [0.2, 0.25) is 10.0 Å². The molecule has 0 aliphatic carbocycles. The van der Waals surface area contributed by atoms with E-state index in [2.05, 4.69) is 21.8 Å². The van der Waals surface area contributed by atoms with Crippen LogP contribution in [-0.4, -0.2) is 39.6 Å². The van der Waals surface area contributed by atoms with Crippen LogP contribution in [0.4, 0.5) is 0 Å². The van der Waals surface area contributed by atoms with Gasteiger partial charge in [-0.25, -0.2) is 13.1 Å². The van der Waals surface area contributed by atoms with E-state index in [-0.39, 0.29) is 6.04 Å². The monoisotopic (exact) mass is 388 g/mol. The van der Waals surface area contributed by atoms with E-state index in [1.807, 2.05) is 32.0 Å². The number of methoxy groups -OCH3 is 1.